The van der Waals surface area contributed by atoms with E-state index in [1.165, 1.54) is 12.1 Å². The zero-order valence-electron chi connectivity index (χ0n) is 6.89. The number of rotatable bonds is 1. The van der Waals surface area contributed by atoms with Gasteiger partial charge in [-0.15, -0.1) is 12.4 Å². The number of hydrogen-bond acceptors (Lipinski definition) is 1. The Morgan fingerprint density at radius 1 is 1.08 bits per heavy atom. The Balaban J connectivity index is 0.000000845. The first kappa shape index (κ1) is 10.4. The van der Waals surface area contributed by atoms with Gasteiger partial charge in [-0.25, -0.2) is 8.78 Å². The van der Waals surface area contributed by atoms with Gasteiger partial charge in [0.25, 0.3) is 0 Å². The van der Waals surface area contributed by atoms with Crippen molar-refractivity contribution in [2.45, 2.75) is 18.4 Å². The van der Waals surface area contributed by atoms with Gasteiger partial charge in [0.05, 0.1) is 0 Å². The number of halogens is 3. The van der Waals surface area contributed by atoms with Gasteiger partial charge in [0.1, 0.15) is 11.6 Å². The van der Waals surface area contributed by atoms with Crippen LogP contribution >= 0.6 is 12.4 Å². The summed E-state index contributed by atoms with van der Waals surface area (Å²) < 4.78 is 25.4. The molecule has 0 amide bonds. The highest BCUT2D eigenvalue weighted by molar-refractivity contribution is 5.85. The topological polar surface area (TPSA) is 26.0 Å². The summed E-state index contributed by atoms with van der Waals surface area (Å²) >= 11 is 0. The van der Waals surface area contributed by atoms with Crippen molar-refractivity contribution in [1.82, 2.24) is 0 Å². The van der Waals surface area contributed by atoms with E-state index < -0.39 is 17.2 Å². The summed E-state index contributed by atoms with van der Waals surface area (Å²) in [6.07, 6.45) is 1.63. The fraction of sp³-hybridized carbons (Fsp3) is 0.333. The summed E-state index contributed by atoms with van der Waals surface area (Å²) in [5, 5.41) is 0. The van der Waals surface area contributed by atoms with Crippen molar-refractivity contribution < 1.29 is 8.78 Å². The van der Waals surface area contributed by atoms with Crippen LogP contribution in [0.1, 0.15) is 18.4 Å². The van der Waals surface area contributed by atoms with Crippen molar-refractivity contribution in [3.8, 4) is 0 Å². The fourth-order valence-corrected chi connectivity index (χ4v) is 1.26. The molecule has 0 aliphatic heterocycles. The standard InChI is InChI=1S/C9H9F2N.ClH/c10-7-3-6(4-8(11)5-7)9(12)1-2-9;/h3-5H,1-2,12H2;1H. The third-order valence-corrected chi connectivity index (χ3v) is 2.23. The Morgan fingerprint density at radius 3 is 1.92 bits per heavy atom. The maximum absolute atomic E-state index is 12.7. The lowest BCUT2D eigenvalue weighted by molar-refractivity contribution is 0.572. The highest BCUT2D eigenvalue weighted by atomic mass is 35.5. The minimum atomic E-state index is -0.554. The second-order valence-corrected chi connectivity index (χ2v) is 3.31. The van der Waals surface area contributed by atoms with Gasteiger partial charge in [-0.1, -0.05) is 0 Å². The maximum atomic E-state index is 12.7. The normalized spacial score (nSPS) is 17.8. The van der Waals surface area contributed by atoms with Crippen LogP contribution in [0.25, 0.3) is 0 Å². The molecule has 1 aliphatic rings. The largest absolute Gasteiger partial charge is 0.321 e. The van der Waals surface area contributed by atoms with E-state index in [0.717, 1.165) is 18.9 Å². The quantitative estimate of drug-likeness (QED) is 0.748. The van der Waals surface area contributed by atoms with Gasteiger partial charge in [0.15, 0.2) is 0 Å². The molecule has 1 fully saturated rings. The van der Waals surface area contributed by atoms with E-state index in [9.17, 15) is 8.78 Å². The molecule has 0 saturated heterocycles. The Bertz CT molecular complexity index is 303. The van der Waals surface area contributed by atoms with Gasteiger partial charge in [-0.2, -0.15) is 0 Å². The maximum Gasteiger partial charge on any atom is 0.126 e. The lowest BCUT2D eigenvalue weighted by Gasteiger charge is -2.08. The number of hydrogen-bond donors (Lipinski definition) is 1. The number of benzene rings is 1. The predicted molar refractivity (Wildman–Crippen MR) is 48.7 cm³/mol. The molecule has 4 heteroatoms. The molecule has 1 nitrogen and oxygen atoms in total. The smallest absolute Gasteiger partial charge is 0.126 e. The van der Waals surface area contributed by atoms with Crippen LogP contribution in [-0.4, -0.2) is 0 Å². The van der Waals surface area contributed by atoms with Crippen LogP contribution in [-0.2, 0) is 5.54 Å². The van der Waals surface area contributed by atoms with Gasteiger partial charge in [-0.05, 0) is 30.5 Å². The molecule has 2 rings (SSSR count). The zero-order valence-corrected chi connectivity index (χ0v) is 7.70. The van der Waals surface area contributed by atoms with Crippen molar-refractivity contribution in [2.24, 2.45) is 5.73 Å². The van der Waals surface area contributed by atoms with Gasteiger partial charge in [0, 0.05) is 11.6 Å². The van der Waals surface area contributed by atoms with Gasteiger partial charge < -0.3 is 5.73 Å². The summed E-state index contributed by atoms with van der Waals surface area (Å²) in [7, 11) is 0. The molecule has 2 N–H and O–H groups in total. The van der Waals surface area contributed by atoms with E-state index in [4.69, 9.17) is 5.73 Å². The Hall–Kier alpha value is -0.670. The molecule has 72 valence electrons. The molecular formula is C9H10ClF2N. The summed E-state index contributed by atoms with van der Waals surface area (Å²) in [5.74, 6) is -1.11. The van der Waals surface area contributed by atoms with E-state index in [2.05, 4.69) is 0 Å². The van der Waals surface area contributed by atoms with Crippen LogP contribution < -0.4 is 5.73 Å². The Kier molecular flexibility index (Phi) is 2.59. The second kappa shape index (κ2) is 3.24. The Morgan fingerprint density at radius 2 is 1.54 bits per heavy atom. The third-order valence-electron chi connectivity index (χ3n) is 2.23. The van der Waals surface area contributed by atoms with Crippen molar-refractivity contribution >= 4 is 12.4 Å². The summed E-state index contributed by atoms with van der Waals surface area (Å²) in [4.78, 5) is 0. The van der Waals surface area contributed by atoms with Crippen molar-refractivity contribution in [3.05, 3.63) is 35.4 Å². The molecular weight excluding hydrogens is 196 g/mol. The highest BCUT2D eigenvalue weighted by Gasteiger charge is 2.40. The molecule has 1 aliphatic carbocycles. The summed E-state index contributed by atoms with van der Waals surface area (Å²) in [6.45, 7) is 0. The minimum absolute atomic E-state index is 0. The molecule has 0 spiro atoms. The zero-order chi connectivity index (χ0) is 8.77. The number of nitrogens with two attached hydrogens (primary N) is 1. The molecule has 0 atom stereocenters. The molecule has 0 heterocycles. The van der Waals surface area contributed by atoms with Crippen molar-refractivity contribution in [1.29, 1.82) is 0 Å². The lowest BCUT2D eigenvalue weighted by atomic mass is 10.1. The van der Waals surface area contributed by atoms with E-state index in [1.807, 2.05) is 0 Å². The van der Waals surface area contributed by atoms with E-state index >= 15 is 0 Å². The predicted octanol–water partition coefficient (Wildman–Crippen LogP) is 2.33. The molecule has 0 bridgehead atoms. The molecule has 0 radical (unpaired) electrons. The molecule has 0 aromatic heterocycles. The minimum Gasteiger partial charge on any atom is -0.321 e. The Labute approximate surface area is 81.3 Å². The lowest BCUT2D eigenvalue weighted by Crippen LogP contribution is -2.18. The van der Waals surface area contributed by atoms with Crippen LogP contribution in [0, 0.1) is 11.6 Å². The first-order valence-corrected chi connectivity index (χ1v) is 3.86. The molecule has 1 aromatic carbocycles. The SMILES string of the molecule is Cl.NC1(c2cc(F)cc(F)c2)CC1. The van der Waals surface area contributed by atoms with Gasteiger partial charge >= 0.3 is 0 Å². The summed E-state index contributed by atoms with van der Waals surface area (Å²) in [6, 6.07) is 3.46. The fourth-order valence-electron chi connectivity index (χ4n) is 1.26. The average Bonchev–Trinajstić information content (AvgIpc) is 2.67. The second-order valence-electron chi connectivity index (χ2n) is 3.31. The van der Waals surface area contributed by atoms with E-state index in [-0.39, 0.29) is 12.4 Å². The first-order chi connectivity index (χ1) is 5.60. The van der Waals surface area contributed by atoms with Crippen LogP contribution in [0.3, 0.4) is 0 Å². The average molecular weight is 206 g/mol. The summed E-state index contributed by atoms with van der Waals surface area (Å²) in [5.41, 5.74) is 5.89. The van der Waals surface area contributed by atoms with E-state index in [1.54, 1.807) is 0 Å². The third kappa shape index (κ3) is 1.98. The monoisotopic (exact) mass is 205 g/mol. The van der Waals surface area contributed by atoms with E-state index in [0.29, 0.717) is 5.56 Å². The molecule has 0 unspecified atom stereocenters. The highest BCUT2D eigenvalue weighted by Crippen LogP contribution is 2.42. The molecule has 1 aromatic rings. The van der Waals surface area contributed by atoms with Crippen molar-refractivity contribution in [2.75, 3.05) is 0 Å². The first-order valence-electron chi connectivity index (χ1n) is 3.86. The van der Waals surface area contributed by atoms with Crippen LogP contribution in [0.15, 0.2) is 18.2 Å². The van der Waals surface area contributed by atoms with Crippen molar-refractivity contribution in [3.63, 3.8) is 0 Å². The van der Waals surface area contributed by atoms with Gasteiger partial charge in [0.2, 0.25) is 0 Å². The molecule has 13 heavy (non-hydrogen) atoms. The van der Waals surface area contributed by atoms with Crippen LogP contribution in [0.5, 0.6) is 0 Å². The van der Waals surface area contributed by atoms with Crippen LogP contribution in [0.2, 0.25) is 0 Å². The van der Waals surface area contributed by atoms with Gasteiger partial charge in [-0.3, -0.25) is 0 Å². The van der Waals surface area contributed by atoms with Crippen LogP contribution in [0.4, 0.5) is 8.78 Å². The molecule has 1 saturated carbocycles.